The Balaban J connectivity index is 0.692. The lowest BCUT2D eigenvalue weighted by Gasteiger charge is -2.48. The lowest BCUT2D eigenvalue weighted by atomic mass is 9.79. The van der Waals surface area contributed by atoms with Crippen LogP contribution in [-0.2, 0) is 27.8 Å². The van der Waals surface area contributed by atoms with Crippen molar-refractivity contribution in [1.82, 2.24) is 39.3 Å². The highest BCUT2D eigenvalue weighted by Gasteiger charge is 2.43. The molecule has 340 valence electrons. The molecule has 0 radical (unpaired) electrons. The van der Waals surface area contributed by atoms with Gasteiger partial charge < -0.3 is 19.9 Å². The van der Waals surface area contributed by atoms with Crippen LogP contribution in [0.25, 0.3) is 16.7 Å². The number of imidazole rings is 1. The van der Waals surface area contributed by atoms with Crippen LogP contribution in [0.2, 0.25) is 0 Å². The number of benzene rings is 1. The van der Waals surface area contributed by atoms with Crippen molar-refractivity contribution in [3.05, 3.63) is 58.3 Å². The molecule has 18 heteroatoms. The van der Waals surface area contributed by atoms with Crippen molar-refractivity contribution in [3.8, 4) is 0 Å². The van der Waals surface area contributed by atoms with Crippen LogP contribution in [0.4, 0.5) is 14.6 Å². The van der Waals surface area contributed by atoms with Crippen LogP contribution in [0, 0.1) is 17.8 Å². The number of hydrogen-bond acceptors (Lipinski definition) is 11. The Labute approximate surface area is 369 Å². The van der Waals surface area contributed by atoms with E-state index in [1.165, 1.54) is 10.7 Å². The molecule has 2 unspecified atom stereocenters. The van der Waals surface area contributed by atoms with Crippen LogP contribution in [0.5, 0.6) is 0 Å². The highest BCUT2D eigenvalue weighted by Crippen LogP contribution is 2.39. The van der Waals surface area contributed by atoms with E-state index in [4.69, 9.17) is 9.72 Å². The summed E-state index contributed by atoms with van der Waals surface area (Å²) in [5.41, 5.74) is 2.37. The Hall–Kier alpha value is -5.36. The second kappa shape index (κ2) is 17.6. The van der Waals surface area contributed by atoms with Crippen molar-refractivity contribution in [1.29, 1.82) is 0 Å². The second-order valence-corrected chi connectivity index (χ2v) is 19.0. The van der Waals surface area contributed by atoms with Crippen LogP contribution in [0.15, 0.2) is 51.4 Å². The molecule has 4 aromatic rings. The molecule has 1 aromatic carbocycles. The highest BCUT2D eigenvalue weighted by molar-refractivity contribution is 6.46. The number of carbonyl (C=O) groups excluding carboxylic acids is 3. The number of amidine groups is 1. The van der Waals surface area contributed by atoms with E-state index in [0.29, 0.717) is 37.1 Å². The van der Waals surface area contributed by atoms with Gasteiger partial charge in [0, 0.05) is 45.2 Å². The number of halogens is 2. The van der Waals surface area contributed by atoms with Crippen molar-refractivity contribution in [2.45, 2.75) is 114 Å². The largest absolute Gasteiger partial charge is 0.371 e. The number of alkyl halides is 2. The molecular formula is C46H57F2N11O5. The van der Waals surface area contributed by atoms with E-state index >= 15 is 0 Å². The third-order valence-electron chi connectivity index (χ3n) is 15.0. The zero-order valence-electron chi connectivity index (χ0n) is 36.4. The van der Waals surface area contributed by atoms with Gasteiger partial charge in [0.05, 0.1) is 29.4 Å². The van der Waals surface area contributed by atoms with Crippen LogP contribution in [0.3, 0.4) is 0 Å². The normalized spacial score (nSPS) is 25.5. The van der Waals surface area contributed by atoms with E-state index in [9.17, 15) is 28.0 Å². The molecule has 4 aliphatic heterocycles. The molecular weight excluding hydrogens is 825 g/mol. The number of imide groups is 1. The van der Waals surface area contributed by atoms with Gasteiger partial charge in [0.2, 0.25) is 11.8 Å². The minimum absolute atomic E-state index is 0.0306. The number of likely N-dealkylation sites (tertiary alicyclic amines) is 1. The topological polar surface area (TPSA) is 173 Å². The molecule has 6 aliphatic rings. The summed E-state index contributed by atoms with van der Waals surface area (Å²) in [4.78, 5) is 69.9. The third kappa shape index (κ3) is 8.27. The number of nitrogens with one attached hydrogen (secondary N) is 2. The number of aromatic nitrogens is 5. The fraction of sp³-hybridized carbons (Fsp3) is 0.609. The summed E-state index contributed by atoms with van der Waals surface area (Å²) in [5.74, 6) is 0.425. The zero-order chi connectivity index (χ0) is 44.1. The fourth-order valence-corrected chi connectivity index (χ4v) is 11.2. The first kappa shape index (κ1) is 42.6. The minimum atomic E-state index is -2.87. The fourth-order valence-electron chi connectivity index (χ4n) is 11.2. The maximum absolute atomic E-state index is 14.3. The lowest BCUT2D eigenvalue weighted by molar-refractivity contribution is -0.135. The molecule has 3 amide bonds. The van der Waals surface area contributed by atoms with Gasteiger partial charge in [-0.3, -0.25) is 33.8 Å². The van der Waals surface area contributed by atoms with Crippen LogP contribution >= 0.6 is 0 Å². The van der Waals surface area contributed by atoms with Gasteiger partial charge in [0.1, 0.15) is 29.3 Å². The molecule has 5 fully saturated rings. The van der Waals surface area contributed by atoms with Crippen LogP contribution in [-0.4, -0.2) is 115 Å². The highest BCUT2D eigenvalue weighted by atomic mass is 19.3. The second-order valence-electron chi connectivity index (χ2n) is 19.0. The predicted octanol–water partition coefficient (Wildman–Crippen LogP) is 4.84. The number of morpholine rings is 1. The summed E-state index contributed by atoms with van der Waals surface area (Å²) in [6, 6.07) is 7.08. The number of amides is 3. The van der Waals surface area contributed by atoms with Gasteiger partial charge in [0.15, 0.2) is 11.5 Å². The standard InChI is InChI=1S/C46H57F2N11O5/c1-55-38-30(7-3-8-33(38)59(45(55)63)34-13-14-36(60)51-44(34)62)6-2-5-28-15-20-56(21-16-28)26-29-9-11-31(12-10-29)40-52-37(39(47)48)41(53-40)54-43(61)32-25-49-58-22-17-35(50-42(32)58)57-23-24-64-46(27-57)18-4-19-46/h3,7-8,17,22,25,28-29,31,34,39-40H,2,4-6,9-16,18-21,23-24,26-27H2,1H3,(H,51,60,62)(H,53,54,61)/t29-,31-,34?,40?. The zero-order valence-corrected chi connectivity index (χ0v) is 36.4. The van der Waals surface area contributed by atoms with Crippen LogP contribution < -0.4 is 21.2 Å². The van der Waals surface area contributed by atoms with Crippen molar-refractivity contribution in [3.63, 3.8) is 0 Å². The van der Waals surface area contributed by atoms with Crippen molar-refractivity contribution in [2.24, 2.45) is 34.8 Å². The number of ether oxygens (including phenoxy) is 1. The number of nitrogens with zero attached hydrogens (tertiary/aromatic N) is 9. The number of carbonyl (C=O) groups is 3. The molecule has 2 atom stereocenters. The molecule has 2 aliphatic carbocycles. The summed E-state index contributed by atoms with van der Waals surface area (Å²) >= 11 is 0. The molecule has 3 saturated heterocycles. The van der Waals surface area contributed by atoms with E-state index in [1.807, 2.05) is 18.2 Å². The average molecular weight is 882 g/mol. The predicted molar refractivity (Wildman–Crippen MR) is 236 cm³/mol. The monoisotopic (exact) mass is 881 g/mol. The molecule has 7 heterocycles. The number of hydrogen-bond donors (Lipinski definition) is 2. The number of aliphatic imine (C=N–C) groups is 2. The Morgan fingerprint density at radius 3 is 2.56 bits per heavy atom. The lowest BCUT2D eigenvalue weighted by Crippen LogP contribution is -2.56. The molecule has 2 N–H and O–H groups in total. The molecule has 2 saturated carbocycles. The summed E-state index contributed by atoms with van der Waals surface area (Å²) in [5, 5.41) is 9.34. The molecule has 64 heavy (non-hydrogen) atoms. The Morgan fingerprint density at radius 2 is 1.81 bits per heavy atom. The molecule has 16 nitrogen and oxygen atoms in total. The number of fused-ring (bicyclic) bond motifs is 2. The molecule has 0 bridgehead atoms. The summed E-state index contributed by atoms with van der Waals surface area (Å²) in [6.45, 7) is 5.18. The molecule has 1 spiro atoms. The number of rotatable bonds is 11. The maximum atomic E-state index is 14.3. The SMILES string of the molecule is Cn1c(=O)n(C2CCC(=O)NC2=O)c2cccc(CCCC3CCN(C[C@H]4CC[C@H](C5N=C(NC(=O)c6cnn7ccc(N8CCOC9(CCC9)C8)nc67)C(C(F)F)=N5)CC4)CC3)c21. The van der Waals surface area contributed by atoms with E-state index in [0.717, 1.165) is 126 Å². The van der Waals surface area contributed by atoms with Gasteiger partial charge in [0.25, 0.3) is 12.3 Å². The van der Waals surface area contributed by atoms with Crippen molar-refractivity contribution in [2.75, 3.05) is 44.2 Å². The molecule has 10 rings (SSSR count). The smallest absolute Gasteiger partial charge is 0.329 e. The van der Waals surface area contributed by atoms with E-state index in [-0.39, 0.29) is 40.9 Å². The van der Waals surface area contributed by atoms with Gasteiger partial charge >= 0.3 is 5.69 Å². The van der Waals surface area contributed by atoms with Gasteiger partial charge in [-0.15, -0.1) is 0 Å². The molecule has 3 aromatic heterocycles. The van der Waals surface area contributed by atoms with Crippen LogP contribution in [0.1, 0.15) is 105 Å². The van der Waals surface area contributed by atoms with Gasteiger partial charge in [-0.2, -0.15) is 5.10 Å². The van der Waals surface area contributed by atoms with E-state index < -0.39 is 36.2 Å². The third-order valence-corrected chi connectivity index (χ3v) is 15.0. The van der Waals surface area contributed by atoms with Gasteiger partial charge in [-0.05, 0) is 120 Å². The quantitative estimate of drug-likeness (QED) is 0.200. The maximum Gasteiger partial charge on any atom is 0.329 e. The minimum Gasteiger partial charge on any atom is -0.371 e. The van der Waals surface area contributed by atoms with E-state index in [1.54, 1.807) is 22.4 Å². The van der Waals surface area contributed by atoms with Gasteiger partial charge in [-0.1, -0.05) is 18.6 Å². The first-order valence-corrected chi connectivity index (χ1v) is 23.3. The van der Waals surface area contributed by atoms with Gasteiger partial charge in [-0.25, -0.2) is 28.1 Å². The average Bonchev–Trinajstić information content (AvgIpc) is 3.98. The Kier molecular flexibility index (Phi) is 11.7. The first-order chi connectivity index (χ1) is 31.0. The Morgan fingerprint density at radius 1 is 1.00 bits per heavy atom. The number of piperidine rings is 2. The summed E-state index contributed by atoms with van der Waals surface area (Å²) in [7, 11) is 1.75. The van der Waals surface area contributed by atoms with Crippen molar-refractivity contribution >= 4 is 51.8 Å². The Bertz CT molecular complexity index is 2560. The summed E-state index contributed by atoms with van der Waals surface area (Å²) < 4.78 is 39.5. The van der Waals surface area contributed by atoms with E-state index in [2.05, 4.69) is 41.6 Å². The number of anilines is 1. The van der Waals surface area contributed by atoms with Crippen molar-refractivity contribution < 1.29 is 27.9 Å². The number of aryl methyl sites for hydroxylation is 2. The first-order valence-electron chi connectivity index (χ1n) is 23.3. The summed E-state index contributed by atoms with van der Waals surface area (Å²) in [6.07, 6.45) is 12.3. The number of para-hydroxylation sites is 1.